The molecule has 0 aliphatic carbocycles. The Morgan fingerprint density at radius 1 is 1.40 bits per heavy atom. The lowest BCUT2D eigenvalue weighted by Gasteiger charge is -2.14. The van der Waals surface area contributed by atoms with E-state index in [4.69, 9.17) is 17.0 Å². The van der Waals surface area contributed by atoms with E-state index >= 15 is 0 Å². The van der Waals surface area contributed by atoms with Gasteiger partial charge in [-0.2, -0.15) is 0 Å². The highest BCUT2D eigenvalue weighted by Crippen LogP contribution is 2.15. The summed E-state index contributed by atoms with van der Waals surface area (Å²) < 4.78 is 5.52. The molecular formula is C14H19N3O2S. The fraction of sp³-hybridized carbons (Fsp3) is 0.429. The van der Waals surface area contributed by atoms with Crippen LogP contribution in [0.2, 0.25) is 0 Å². The molecule has 0 saturated carbocycles. The lowest BCUT2D eigenvalue weighted by Crippen LogP contribution is -2.34. The minimum absolute atomic E-state index is 0.0961. The molecule has 1 aromatic carbocycles. The average molecular weight is 293 g/mol. The Morgan fingerprint density at radius 3 is 2.80 bits per heavy atom. The maximum absolute atomic E-state index is 11.0. The van der Waals surface area contributed by atoms with E-state index in [9.17, 15) is 4.79 Å². The molecule has 1 amide bonds. The van der Waals surface area contributed by atoms with Crippen molar-refractivity contribution in [2.45, 2.75) is 25.9 Å². The summed E-state index contributed by atoms with van der Waals surface area (Å²) in [5.74, 6) is -0.0961. The van der Waals surface area contributed by atoms with Crippen LogP contribution in [0.3, 0.4) is 0 Å². The number of carbonyl (C=O) groups is 1. The molecule has 0 unspecified atom stereocenters. The SMILES string of the molecule is CC(=O)Nc1cccc(NC(=S)NC[C@@H]2CCCO2)c1. The number of rotatable bonds is 4. The summed E-state index contributed by atoms with van der Waals surface area (Å²) in [5, 5.41) is 9.52. The Labute approximate surface area is 124 Å². The van der Waals surface area contributed by atoms with Gasteiger partial charge in [-0.1, -0.05) is 6.07 Å². The predicted molar refractivity (Wildman–Crippen MR) is 83.9 cm³/mol. The van der Waals surface area contributed by atoms with Crippen molar-refractivity contribution >= 4 is 34.6 Å². The highest BCUT2D eigenvalue weighted by Gasteiger charge is 2.15. The van der Waals surface area contributed by atoms with Crippen LogP contribution in [0.4, 0.5) is 11.4 Å². The third kappa shape index (κ3) is 4.79. The van der Waals surface area contributed by atoms with Crippen LogP contribution in [-0.4, -0.2) is 30.3 Å². The second-order valence-electron chi connectivity index (χ2n) is 4.73. The second-order valence-corrected chi connectivity index (χ2v) is 5.14. The molecular weight excluding hydrogens is 274 g/mol. The molecule has 1 aliphatic heterocycles. The van der Waals surface area contributed by atoms with Gasteiger partial charge >= 0.3 is 0 Å². The molecule has 3 N–H and O–H groups in total. The van der Waals surface area contributed by atoms with Gasteiger partial charge in [0.2, 0.25) is 5.91 Å². The fourth-order valence-corrected chi connectivity index (χ4v) is 2.27. The van der Waals surface area contributed by atoms with Crippen LogP contribution in [0.1, 0.15) is 19.8 Å². The van der Waals surface area contributed by atoms with E-state index in [2.05, 4.69) is 16.0 Å². The van der Waals surface area contributed by atoms with Crippen molar-refractivity contribution in [3.8, 4) is 0 Å². The number of benzene rings is 1. The molecule has 20 heavy (non-hydrogen) atoms. The molecule has 1 fully saturated rings. The van der Waals surface area contributed by atoms with E-state index in [-0.39, 0.29) is 12.0 Å². The minimum Gasteiger partial charge on any atom is -0.376 e. The van der Waals surface area contributed by atoms with Crippen molar-refractivity contribution in [1.29, 1.82) is 0 Å². The van der Waals surface area contributed by atoms with Crippen LogP contribution in [0.5, 0.6) is 0 Å². The Balaban J connectivity index is 1.82. The molecule has 1 atom stereocenters. The third-order valence-electron chi connectivity index (χ3n) is 2.96. The summed E-state index contributed by atoms with van der Waals surface area (Å²) in [6.07, 6.45) is 2.44. The van der Waals surface area contributed by atoms with Gasteiger partial charge in [0.05, 0.1) is 6.10 Å². The number of anilines is 2. The highest BCUT2D eigenvalue weighted by molar-refractivity contribution is 7.80. The molecule has 0 bridgehead atoms. The van der Waals surface area contributed by atoms with Crippen LogP contribution < -0.4 is 16.0 Å². The number of thiocarbonyl (C=S) groups is 1. The topological polar surface area (TPSA) is 62.4 Å². The van der Waals surface area contributed by atoms with Gasteiger partial charge in [0.1, 0.15) is 0 Å². The predicted octanol–water partition coefficient (Wildman–Crippen LogP) is 2.11. The molecule has 5 nitrogen and oxygen atoms in total. The lowest BCUT2D eigenvalue weighted by molar-refractivity contribution is -0.114. The summed E-state index contributed by atoms with van der Waals surface area (Å²) in [5.41, 5.74) is 1.57. The first-order valence-corrected chi connectivity index (χ1v) is 7.08. The van der Waals surface area contributed by atoms with Gasteiger partial charge in [-0.15, -0.1) is 0 Å². The molecule has 0 spiro atoms. The minimum atomic E-state index is -0.0961. The summed E-state index contributed by atoms with van der Waals surface area (Å²) in [7, 11) is 0. The van der Waals surface area contributed by atoms with Gasteiger partial charge in [0, 0.05) is 31.5 Å². The zero-order valence-electron chi connectivity index (χ0n) is 11.4. The summed E-state index contributed by atoms with van der Waals surface area (Å²) in [6, 6.07) is 7.42. The van der Waals surface area contributed by atoms with Gasteiger partial charge in [0.15, 0.2) is 5.11 Å². The van der Waals surface area contributed by atoms with E-state index in [0.29, 0.717) is 5.11 Å². The van der Waals surface area contributed by atoms with Crippen LogP contribution in [0, 0.1) is 0 Å². The Hall–Kier alpha value is -1.66. The summed E-state index contributed by atoms with van der Waals surface area (Å²) in [6.45, 7) is 3.04. The van der Waals surface area contributed by atoms with Crippen LogP contribution >= 0.6 is 12.2 Å². The zero-order chi connectivity index (χ0) is 14.4. The Bertz CT molecular complexity index is 487. The molecule has 0 radical (unpaired) electrons. The quantitative estimate of drug-likeness (QED) is 0.742. The van der Waals surface area contributed by atoms with Crippen molar-refractivity contribution in [2.75, 3.05) is 23.8 Å². The van der Waals surface area contributed by atoms with Gasteiger partial charge in [-0.25, -0.2) is 0 Å². The molecule has 6 heteroatoms. The number of ether oxygens (including phenoxy) is 1. The molecule has 1 saturated heterocycles. The second kappa shape index (κ2) is 7.21. The first kappa shape index (κ1) is 14.7. The number of hydrogen-bond donors (Lipinski definition) is 3. The zero-order valence-corrected chi connectivity index (χ0v) is 12.3. The molecule has 0 aromatic heterocycles. The van der Waals surface area contributed by atoms with E-state index in [0.717, 1.165) is 37.4 Å². The van der Waals surface area contributed by atoms with Gasteiger partial charge in [-0.3, -0.25) is 4.79 Å². The number of nitrogens with one attached hydrogen (secondary N) is 3. The molecule has 1 aromatic rings. The average Bonchev–Trinajstić information content (AvgIpc) is 2.89. The van der Waals surface area contributed by atoms with Crippen molar-refractivity contribution in [2.24, 2.45) is 0 Å². The van der Waals surface area contributed by atoms with Crippen molar-refractivity contribution in [3.05, 3.63) is 24.3 Å². The Kier molecular flexibility index (Phi) is 5.31. The summed E-state index contributed by atoms with van der Waals surface area (Å²) in [4.78, 5) is 11.0. The highest BCUT2D eigenvalue weighted by atomic mass is 32.1. The first-order valence-electron chi connectivity index (χ1n) is 6.67. The maximum atomic E-state index is 11.0. The normalized spacial score (nSPS) is 17.6. The fourth-order valence-electron chi connectivity index (χ4n) is 2.07. The lowest BCUT2D eigenvalue weighted by atomic mass is 10.2. The molecule has 1 aliphatic rings. The van der Waals surface area contributed by atoms with Gasteiger partial charge in [0.25, 0.3) is 0 Å². The number of hydrogen-bond acceptors (Lipinski definition) is 3. The smallest absolute Gasteiger partial charge is 0.221 e. The first-order chi connectivity index (χ1) is 9.63. The molecule has 108 valence electrons. The molecule has 2 rings (SSSR count). The number of carbonyl (C=O) groups excluding carboxylic acids is 1. The van der Waals surface area contributed by atoms with Crippen LogP contribution in [0.15, 0.2) is 24.3 Å². The molecule has 1 heterocycles. The maximum Gasteiger partial charge on any atom is 0.221 e. The van der Waals surface area contributed by atoms with E-state index in [1.54, 1.807) is 0 Å². The van der Waals surface area contributed by atoms with Crippen molar-refractivity contribution in [1.82, 2.24) is 5.32 Å². The van der Waals surface area contributed by atoms with Crippen LogP contribution in [0.25, 0.3) is 0 Å². The van der Waals surface area contributed by atoms with Gasteiger partial charge in [-0.05, 0) is 43.3 Å². The standard InChI is InChI=1S/C14H19N3O2S/c1-10(18)16-11-4-2-5-12(8-11)17-14(20)15-9-13-6-3-7-19-13/h2,4-5,8,13H,3,6-7,9H2,1H3,(H,16,18)(H2,15,17,20)/t13-/m0/s1. The van der Waals surface area contributed by atoms with E-state index in [1.165, 1.54) is 6.92 Å². The van der Waals surface area contributed by atoms with E-state index < -0.39 is 0 Å². The van der Waals surface area contributed by atoms with Crippen molar-refractivity contribution < 1.29 is 9.53 Å². The monoisotopic (exact) mass is 293 g/mol. The number of amides is 1. The van der Waals surface area contributed by atoms with Gasteiger partial charge < -0.3 is 20.7 Å². The largest absolute Gasteiger partial charge is 0.376 e. The third-order valence-corrected chi connectivity index (χ3v) is 3.20. The van der Waals surface area contributed by atoms with Crippen molar-refractivity contribution in [3.63, 3.8) is 0 Å². The van der Waals surface area contributed by atoms with E-state index in [1.807, 2.05) is 24.3 Å². The van der Waals surface area contributed by atoms with Crippen LogP contribution in [-0.2, 0) is 9.53 Å². The summed E-state index contributed by atoms with van der Waals surface area (Å²) >= 11 is 5.24. The Morgan fingerprint density at radius 2 is 2.15 bits per heavy atom.